The van der Waals surface area contributed by atoms with E-state index in [0.717, 1.165) is 24.0 Å². The maximum Gasteiger partial charge on any atom is 0.119 e. The van der Waals surface area contributed by atoms with Crippen LogP contribution in [0.2, 0.25) is 0 Å². The number of benzene rings is 1. The zero-order valence-corrected chi connectivity index (χ0v) is 8.75. The van der Waals surface area contributed by atoms with E-state index in [0.29, 0.717) is 5.75 Å². The number of hydrogen-bond donors (Lipinski definition) is 2. The predicted molar refractivity (Wildman–Crippen MR) is 57.4 cm³/mol. The summed E-state index contributed by atoms with van der Waals surface area (Å²) in [6, 6.07) is 5.99. The average molecular weight is 191 g/mol. The number of aromatic hydroxyl groups is 1. The SMILES string of the molecule is Cc1ccc(C2(C(C)N)CC2)c(O)c1. The molecule has 2 rings (SSSR count). The third-order valence-electron chi connectivity index (χ3n) is 3.35. The third kappa shape index (κ3) is 1.30. The highest BCUT2D eigenvalue weighted by molar-refractivity contribution is 5.45. The van der Waals surface area contributed by atoms with E-state index in [2.05, 4.69) is 0 Å². The summed E-state index contributed by atoms with van der Waals surface area (Å²) in [5, 5.41) is 9.86. The summed E-state index contributed by atoms with van der Waals surface area (Å²) in [6.45, 7) is 4.00. The van der Waals surface area contributed by atoms with Gasteiger partial charge in [0.2, 0.25) is 0 Å². The first kappa shape index (κ1) is 9.53. The van der Waals surface area contributed by atoms with Gasteiger partial charge in [0.15, 0.2) is 0 Å². The molecule has 1 fully saturated rings. The molecule has 1 aliphatic rings. The lowest BCUT2D eigenvalue weighted by Gasteiger charge is -2.21. The summed E-state index contributed by atoms with van der Waals surface area (Å²) in [7, 11) is 0. The van der Waals surface area contributed by atoms with Crippen molar-refractivity contribution in [3.8, 4) is 5.75 Å². The van der Waals surface area contributed by atoms with Crippen LogP contribution in [0.3, 0.4) is 0 Å². The Bertz CT molecular complexity index is 353. The van der Waals surface area contributed by atoms with E-state index in [4.69, 9.17) is 5.73 Å². The molecule has 14 heavy (non-hydrogen) atoms. The lowest BCUT2D eigenvalue weighted by Crippen LogP contribution is -2.31. The van der Waals surface area contributed by atoms with Crippen molar-refractivity contribution in [2.75, 3.05) is 0 Å². The van der Waals surface area contributed by atoms with E-state index >= 15 is 0 Å². The summed E-state index contributed by atoms with van der Waals surface area (Å²) in [5.41, 5.74) is 8.13. The van der Waals surface area contributed by atoms with Crippen LogP contribution in [-0.4, -0.2) is 11.1 Å². The Labute approximate surface area is 84.7 Å². The van der Waals surface area contributed by atoms with Crippen molar-refractivity contribution < 1.29 is 5.11 Å². The Hall–Kier alpha value is -1.02. The zero-order valence-electron chi connectivity index (χ0n) is 8.75. The van der Waals surface area contributed by atoms with Crippen molar-refractivity contribution in [2.45, 2.75) is 38.1 Å². The van der Waals surface area contributed by atoms with Crippen molar-refractivity contribution in [2.24, 2.45) is 5.73 Å². The number of nitrogens with two attached hydrogens (primary N) is 1. The van der Waals surface area contributed by atoms with Gasteiger partial charge in [-0.15, -0.1) is 0 Å². The fourth-order valence-corrected chi connectivity index (χ4v) is 2.17. The van der Waals surface area contributed by atoms with Gasteiger partial charge in [-0.1, -0.05) is 12.1 Å². The molecule has 0 radical (unpaired) electrons. The highest BCUT2D eigenvalue weighted by Gasteiger charge is 2.48. The van der Waals surface area contributed by atoms with Crippen LogP contribution in [0.25, 0.3) is 0 Å². The number of rotatable bonds is 2. The molecule has 1 aliphatic carbocycles. The van der Waals surface area contributed by atoms with Gasteiger partial charge in [-0.05, 0) is 38.3 Å². The molecule has 0 heterocycles. The molecule has 0 aromatic heterocycles. The van der Waals surface area contributed by atoms with Gasteiger partial charge in [-0.3, -0.25) is 0 Å². The molecule has 0 bridgehead atoms. The molecule has 0 aliphatic heterocycles. The van der Waals surface area contributed by atoms with Gasteiger partial charge >= 0.3 is 0 Å². The monoisotopic (exact) mass is 191 g/mol. The lowest BCUT2D eigenvalue weighted by molar-refractivity contribution is 0.446. The second kappa shape index (κ2) is 2.99. The van der Waals surface area contributed by atoms with Crippen molar-refractivity contribution in [3.05, 3.63) is 29.3 Å². The number of aryl methyl sites for hydroxylation is 1. The lowest BCUT2D eigenvalue weighted by atomic mass is 9.88. The van der Waals surface area contributed by atoms with Crippen LogP contribution in [-0.2, 0) is 5.41 Å². The normalized spacial score (nSPS) is 20.5. The molecule has 1 aromatic carbocycles. The Kier molecular flexibility index (Phi) is 2.04. The minimum Gasteiger partial charge on any atom is -0.508 e. The van der Waals surface area contributed by atoms with Gasteiger partial charge in [0.1, 0.15) is 5.75 Å². The highest BCUT2D eigenvalue weighted by atomic mass is 16.3. The molecule has 1 atom stereocenters. The topological polar surface area (TPSA) is 46.2 Å². The van der Waals surface area contributed by atoms with Gasteiger partial charge in [-0.25, -0.2) is 0 Å². The molecule has 1 saturated carbocycles. The molecule has 1 unspecified atom stereocenters. The van der Waals surface area contributed by atoms with E-state index < -0.39 is 0 Å². The highest BCUT2D eigenvalue weighted by Crippen LogP contribution is 2.52. The summed E-state index contributed by atoms with van der Waals surface area (Å²) in [5.74, 6) is 0.403. The standard InChI is InChI=1S/C12H17NO/c1-8-3-4-10(11(14)7-8)12(5-6-12)9(2)13/h3-4,7,9,14H,5-6,13H2,1-2H3. The fourth-order valence-electron chi connectivity index (χ4n) is 2.17. The maximum atomic E-state index is 9.86. The van der Waals surface area contributed by atoms with Crippen molar-refractivity contribution in [1.82, 2.24) is 0 Å². The largest absolute Gasteiger partial charge is 0.508 e. The van der Waals surface area contributed by atoms with E-state index in [1.165, 1.54) is 0 Å². The first-order chi connectivity index (χ1) is 6.56. The van der Waals surface area contributed by atoms with Crippen LogP contribution >= 0.6 is 0 Å². The Morgan fingerprint density at radius 3 is 2.50 bits per heavy atom. The molecule has 1 aromatic rings. The van der Waals surface area contributed by atoms with Crippen molar-refractivity contribution >= 4 is 0 Å². The summed E-state index contributed by atoms with van der Waals surface area (Å²) in [6.07, 6.45) is 2.20. The fraction of sp³-hybridized carbons (Fsp3) is 0.500. The Morgan fingerprint density at radius 2 is 2.07 bits per heavy atom. The van der Waals surface area contributed by atoms with E-state index in [9.17, 15) is 5.11 Å². The van der Waals surface area contributed by atoms with Gasteiger partial charge in [0.05, 0.1) is 0 Å². The molecule has 0 amide bonds. The van der Waals surface area contributed by atoms with Gasteiger partial charge < -0.3 is 10.8 Å². The molecule has 2 nitrogen and oxygen atoms in total. The Balaban J connectivity index is 2.42. The van der Waals surface area contributed by atoms with E-state index in [1.54, 1.807) is 0 Å². The van der Waals surface area contributed by atoms with Crippen molar-refractivity contribution in [1.29, 1.82) is 0 Å². The van der Waals surface area contributed by atoms with Gasteiger partial charge in [-0.2, -0.15) is 0 Å². The first-order valence-corrected chi connectivity index (χ1v) is 5.12. The van der Waals surface area contributed by atoms with Crippen LogP contribution < -0.4 is 5.73 Å². The second-order valence-electron chi connectivity index (χ2n) is 4.47. The van der Waals surface area contributed by atoms with E-state index in [1.807, 2.05) is 32.0 Å². The maximum absolute atomic E-state index is 9.86. The third-order valence-corrected chi connectivity index (χ3v) is 3.35. The van der Waals surface area contributed by atoms with Crippen molar-refractivity contribution in [3.63, 3.8) is 0 Å². The van der Waals surface area contributed by atoms with Crippen LogP contribution in [0.15, 0.2) is 18.2 Å². The molecular formula is C12H17NO. The van der Waals surface area contributed by atoms with Crippen LogP contribution in [0.1, 0.15) is 30.9 Å². The molecule has 0 saturated heterocycles. The minimum absolute atomic E-state index is 0.0534. The second-order valence-corrected chi connectivity index (χ2v) is 4.47. The summed E-state index contributed by atoms with van der Waals surface area (Å²) >= 11 is 0. The predicted octanol–water partition coefficient (Wildman–Crippen LogP) is 2.08. The van der Waals surface area contributed by atoms with E-state index in [-0.39, 0.29) is 11.5 Å². The molecular weight excluding hydrogens is 174 g/mol. The number of hydrogen-bond acceptors (Lipinski definition) is 2. The van der Waals surface area contributed by atoms with Gasteiger partial charge in [0, 0.05) is 17.0 Å². The van der Waals surface area contributed by atoms with Crippen LogP contribution in [0, 0.1) is 6.92 Å². The minimum atomic E-state index is 0.0534. The molecule has 76 valence electrons. The first-order valence-electron chi connectivity index (χ1n) is 5.12. The average Bonchev–Trinajstić information content (AvgIpc) is 2.84. The van der Waals surface area contributed by atoms with Crippen LogP contribution in [0.5, 0.6) is 5.75 Å². The van der Waals surface area contributed by atoms with Crippen LogP contribution in [0.4, 0.5) is 0 Å². The number of phenolic OH excluding ortho intramolecular Hbond substituents is 1. The zero-order chi connectivity index (χ0) is 10.3. The quantitative estimate of drug-likeness (QED) is 0.751. The molecule has 3 N–H and O–H groups in total. The molecule has 0 spiro atoms. The smallest absolute Gasteiger partial charge is 0.119 e. The molecule has 2 heteroatoms. The summed E-state index contributed by atoms with van der Waals surface area (Å²) in [4.78, 5) is 0. The van der Waals surface area contributed by atoms with Gasteiger partial charge in [0.25, 0.3) is 0 Å². The Morgan fingerprint density at radius 1 is 1.43 bits per heavy atom. The number of phenols is 1. The summed E-state index contributed by atoms with van der Waals surface area (Å²) < 4.78 is 0.